The Morgan fingerprint density at radius 1 is 1.19 bits per heavy atom. The van der Waals surface area contributed by atoms with E-state index in [0.29, 0.717) is 6.10 Å². The Morgan fingerprint density at radius 3 is 2.71 bits per heavy atom. The molecule has 124 valence electrons. The van der Waals surface area contributed by atoms with E-state index >= 15 is 0 Å². The molecule has 0 radical (unpaired) electrons. The van der Waals surface area contributed by atoms with E-state index in [2.05, 4.69) is 24.5 Å². The van der Waals surface area contributed by atoms with Gasteiger partial charge in [0, 0.05) is 26.2 Å². The standard InChI is InChI=1S/C16H31N3O.HI/c1-3-17-16(19-12-15-8-5-9-20-15)18-11-14-7-4-6-13(2)10-14;/h13-15H,3-12H2,1-2H3,(H2,17,18,19);1H. The SMILES string of the molecule is CCNC(=NCC1CCCC(C)C1)NCC1CCCO1.I. The van der Waals surface area contributed by atoms with E-state index in [9.17, 15) is 0 Å². The topological polar surface area (TPSA) is 45.7 Å². The average molecular weight is 409 g/mol. The Hall–Kier alpha value is -0.0400. The first-order valence-electron chi connectivity index (χ1n) is 8.41. The molecule has 1 saturated carbocycles. The summed E-state index contributed by atoms with van der Waals surface area (Å²) in [5.74, 6) is 2.62. The molecule has 3 unspecified atom stereocenters. The minimum atomic E-state index is 0. The molecule has 4 nitrogen and oxygen atoms in total. The van der Waals surface area contributed by atoms with Crippen molar-refractivity contribution in [3.8, 4) is 0 Å². The Kier molecular flexibility index (Phi) is 9.64. The van der Waals surface area contributed by atoms with E-state index in [-0.39, 0.29) is 24.0 Å². The average Bonchev–Trinajstić information content (AvgIpc) is 2.95. The molecule has 0 amide bonds. The largest absolute Gasteiger partial charge is 0.376 e. The Balaban J connectivity index is 0.00000220. The van der Waals surface area contributed by atoms with E-state index in [4.69, 9.17) is 9.73 Å². The van der Waals surface area contributed by atoms with Crippen LogP contribution in [-0.4, -0.2) is 38.3 Å². The van der Waals surface area contributed by atoms with Crippen molar-refractivity contribution in [3.63, 3.8) is 0 Å². The van der Waals surface area contributed by atoms with Gasteiger partial charge in [-0.3, -0.25) is 4.99 Å². The summed E-state index contributed by atoms with van der Waals surface area (Å²) in [6.45, 7) is 8.17. The van der Waals surface area contributed by atoms with E-state index in [0.717, 1.165) is 44.0 Å². The number of rotatable bonds is 5. The first-order valence-corrected chi connectivity index (χ1v) is 8.41. The third kappa shape index (κ3) is 7.17. The molecule has 5 heteroatoms. The van der Waals surface area contributed by atoms with Crippen molar-refractivity contribution in [2.75, 3.05) is 26.2 Å². The summed E-state index contributed by atoms with van der Waals surface area (Å²) in [4.78, 5) is 4.77. The van der Waals surface area contributed by atoms with Crippen molar-refractivity contribution in [1.29, 1.82) is 0 Å². The summed E-state index contributed by atoms with van der Waals surface area (Å²) >= 11 is 0. The van der Waals surface area contributed by atoms with E-state index < -0.39 is 0 Å². The van der Waals surface area contributed by atoms with Gasteiger partial charge < -0.3 is 15.4 Å². The predicted molar refractivity (Wildman–Crippen MR) is 99.5 cm³/mol. The minimum Gasteiger partial charge on any atom is -0.376 e. The number of halogens is 1. The van der Waals surface area contributed by atoms with E-state index in [1.807, 2.05) is 0 Å². The van der Waals surface area contributed by atoms with Crippen LogP contribution in [0.2, 0.25) is 0 Å². The number of nitrogens with zero attached hydrogens (tertiary/aromatic N) is 1. The molecule has 1 aliphatic heterocycles. The molecule has 0 spiro atoms. The summed E-state index contributed by atoms with van der Waals surface area (Å²) in [6, 6.07) is 0. The number of aliphatic imine (C=N–C) groups is 1. The lowest BCUT2D eigenvalue weighted by Crippen LogP contribution is -2.41. The highest BCUT2D eigenvalue weighted by molar-refractivity contribution is 14.0. The van der Waals surface area contributed by atoms with Gasteiger partial charge in [0.05, 0.1) is 6.10 Å². The van der Waals surface area contributed by atoms with Gasteiger partial charge in [-0.1, -0.05) is 19.8 Å². The second-order valence-electron chi connectivity index (χ2n) is 6.37. The van der Waals surface area contributed by atoms with Crippen molar-refractivity contribution >= 4 is 29.9 Å². The van der Waals surface area contributed by atoms with E-state index in [1.165, 1.54) is 38.5 Å². The van der Waals surface area contributed by atoms with Crippen LogP contribution in [0.25, 0.3) is 0 Å². The van der Waals surface area contributed by atoms with Gasteiger partial charge in [0.25, 0.3) is 0 Å². The van der Waals surface area contributed by atoms with Crippen LogP contribution in [0.3, 0.4) is 0 Å². The van der Waals surface area contributed by atoms with Crippen molar-refractivity contribution in [2.24, 2.45) is 16.8 Å². The highest BCUT2D eigenvalue weighted by Gasteiger charge is 2.19. The molecule has 2 rings (SSSR count). The van der Waals surface area contributed by atoms with Gasteiger partial charge in [0.1, 0.15) is 0 Å². The molecule has 21 heavy (non-hydrogen) atoms. The molecule has 2 fully saturated rings. The Bertz CT molecular complexity index is 306. The normalized spacial score (nSPS) is 29.8. The van der Waals surface area contributed by atoms with Crippen LogP contribution >= 0.6 is 24.0 Å². The lowest BCUT2D eigenvalue weighted by Gasteiger charge is -2.25. The summed E-state index contributed by atoms with van der Waals surface area (Å²) in [7, 11) is 0. The summed E-state index contributed by atoms with van der Waals surface area (Å²) < 4.78 is 5.64. The quantitative estimate of drug-likeness (QED) is 0.417. The molecule has 0 aromatic heterocycles. The predicted octanol–water partition coefficient (Wildman–Crippen LogP) is 3.16. The molecule has 2 N–H and O–H groups in total. The van der Waals surface area contributed by atoms with Crippen molar-refractivity contribution in [2.45, 2.75) is 58.5 Å². The molecule has 3 atom stereocenters. The van der Waals surface area contributed by atoms with Crippen LogP contribution in [0.5, 0.6) is 0 Å². The van der Waals surface area contributed by atoms with Crippen LogP contribution in [0.15, 0.2) is 4.99 Å². The molecular weight excluding hydrogens is 377 g/mol. The zero-order valence-electron chi connectivity index (χ0n) is 13.6. The number of ether oxygens (including phenoxy) is 1. The number of hydrogen-bond acceptors (Lipinski definition) is 2. The van der Waals surface area contributed by atoms with Crippen molar-refractivity contribution in [1.82, 2.24) is 10.6 Å². The van der Waals surface area contributed by atoms with Crippen LogP contribution in [0.4, 0.5) is 0 Å². The zero-order chi connectivity index (χ0) is 14.2. The monoisotopic (exact) mass is 409 g/mol. The fraction of sp³-hybridized carbons (Fsp3) is 0.938. The first-order chi connectivity index (χ1) is 9.78. The van der Waals surface area contributed by atoms with Gasteiger partial charge in [-0.15, -0.1) is 24.0 Å². The summed E-state index contributed by atoms with van der Waals surface area (Å²) in [5, 5.41) is 6.77. The fourth-order valence-corrected chi connectivity index (χ4v) is 3.30. The lowest BCUT2D eigenvalue weighted by molar-refractivity contribution is 0.114. The van der Waals surface area contributed by atoms with Crippen molar-refractivity contribution < 1.29 is 4.74 Å². The maximum absolute atomic E-state index is 5.64. The molecule has 1 saturated heterocycles. The minimum absolute atomic E-state index is 0. The zero-order valence-corrected chi connectivity index (χ0v) is 15.9. The smallest absolute Gasteiger partial charge is 0.191 e. The van der Waals surface area contributed by atoms with E-state index in [1.54, 1.807) is 0 Å². The fourth-order valence-electron chi connectivity index (χ4n) is 3.30. The first kappa shape index (κ1) is 19.0. The third-order valence-electron chi connectivity index (χ3n) is 4.42. The maximum atomic E-state index is 5.64. The van der Waals surface area contributed by atoms with Gasteiger partial charge in [0.2, 0.25) is 0 Å². The number of nitrogens with one attached hydrogen (secondary N) is 2. The molecule has 0 aromatic rings. The van der Waals surface area contributed by atoms with Gasteiger partial charge in [0.15, 0.2) is 5.96 Å². The molecule has 0 aromatic carbocycles. The van der Waals surface area contributed by atoms with Crippen LogP contribution < -0.4 is 10.6 Å². The number of guanidine groups is 1. The van der Waals surface area contributed by atoms with Crippen LogP contribution in [0.1, 0.15) is 52.4 Å². The summed E-state index contributed by atoms with van der Waals surface area (Å²) in [5.41, 5.74) is 0. The van der Waals surface area contributed by atoms with Gasteiger partial charge in [-0.05, 0) is 44.4 Å². The number of hydrogen-bond donors (Lipinski definition) is 2. The van der Waals surface area contributed by atoms with Gasteiger partial charge in [-0.25, -0.2) is 0 Å². The third-order valence-corrected chi connectivity index (χ3v) is 4.42. The second kappa shape index (κ2) is 10.6. The summed E-state index contributed by atoms with van der Waals surface area (Å²) in [6.07, 6.45) is 8.20. The molecule has 0 bridgehead atoms. The molecular formula is C16H32IN3O. The molecule has 1 heterocycles. The van der Waals surface area contributed by atoms with Crippen molar-refractivity contribution in [3.05, 3.63) is 0 Å². The maximum Gasteiger partial charge on any atom is 0.191 e. The molecule has 2 aliphatic rings. The van der Waals surface area contributed by atoms with Gasteiger partial charge in [-0.2, -0.15) is 0 Å². The van der Waals surface area contributed by atoms with Gasteiger partial charge >= 0.3 is 0 Å². The lowest BCUT2D eigenvalue weighted by atomic mass is 9.82. The highest BCUT2D eigenvalue weighted by Crippen LogP contribution is 2.28. The Labute approximate surface area is 146 Å². The highest BCUT2D eigenvalue weighted by atomic mass is 127. The Morgan fingerprint density at radius 2 is 2.05 bits per heavy atom. The van der Waals surface area contributed by atoms with Crippen LogP contribution in [0, 0.1) is 11.8 Å². The molecule has 1 aliphatic carbocycles. The van der Waals surface area contributed by atoms with Crippen LogP contribution in [-0.2, 0) is 4.74 Å². The second-order valence-corrected chi connectivity index (χ2v) is 6.37.